The summed E-state index contributed by atoms with van der Waals surface area (Å²) in [6, 6.07) is 1.05. The van der Waals surface area contributed by atoms with Crippen LogP contribution in [0.25, 0.3) is 0 Å². The van der Waals surface area contributed by atoms with Gasteiger partial charge in [0.15, 0.2) is 5.56 Å². The summed E-state index contributed by atoms with van der Waals surface area (Å²) >= 11 is 0. The van der Waals surface area contributed by atoms with Gasteiger partial charge < -0.3 is 15.5 Å². The van der Waals surface area contributed by atoms with E-state index in [0.717, 1.165) is 41.2 Å². The highest BCUT2D eigenvalue weighted by molar-refractivity contribution is 5.52. The van der Waals surface area contributed by atoms with Crippen LogP contribution in [0.4, 0.5) is 5.82 Å². The molecule has 2 rings (SSSR count). The molecule has 132 valence electrons. The fourth-order valence-corrected chi connectivity index (χ4v) is 3.33. The van der Waals surface area contributed by atoms with Crippen molar-refractivity contribution in [1.29, 1.82) is 5.26 Å². The Hall–Kier alpha value is -2.11. The van der Waals surface area contributed by atoms with Crippen molar-refractivity contribution in [2.45, 2.75) is 44.2 Å². The molecule has 8 heteroatoms. The molecule has 1 saturated carbocycles. The molecule has 1 heterocycles. The predicted octanol–water partition coefficient (Wildman–Crippen LogP) is -0.330. The van der Waals surface area contributed by atoms with Gasteiger partial charge in [-0.2, -0.15) is 5.26 Å². The van der Waals surface area contributed by atoms with Gasteiger partial charge in [-0.05, 0) is 18.8 Å². The number of anilines is 1. The van der Waals surface area contributed by atoms with Crippen molar-refractivity contribution in [3.05, 3.63) is 26.4 Å². The van der Waals surface area contributed by atoms with Gasteiger partial charge in [-0.25, -0.2) is 4.79 Å². The van der Waals surface area contributed by atoms with Crippen LogP contribution in [-0.4, -0.2) is 38.1 Å². The van der Waals surface area contributed by atoms with E-state index in [9.17, 15) is 25.1 Å². The number of hydrogen-bond acceptors (Lipinski definition) is 6. The minimum absolute atomic E-state index is 0.0273. The van der Waals surface area contributed by atoms with E-state index in [4.69, 9.17) is 0 Å². The van der Waals surface area contributed by atoms with Crippen LogP contribution < -0.4 is 16.6 Å². The molecule has 0 saturated heterocycles. The zero-order valence-electron chi connectivity index (χ0n) is 14.0. The first-order chi connectivity index (χ1) is 11.4. The van der Waals surface area contributed by atoms with Crippen LogP contribution in [0, 0.1) is 17.2 Å². The quantitative estimate of drug-likeness (QED) is 0.677. The first-order valence-electron chi connectivity index (χ1n) is 8.18. The van der Waals surface area contributed by atoms with Crippen molar-refractivity contribution in [2.75, 3.05) is 11.9 Å². The average Bonchev–Trinajstić information content (AvgIpc) is 2.62. The van der Waals surface area contributed by atoms with Crippen LogP contribution in [0.3, 0.4) is 0 Å². The second-order valence-corrected chi connectivity index (χ2v) is 6.36. The lowest BCUT2D eigenvalue weighted by molar-refractivity contribution is 0.0491. The Morgan fingerprint density at radius 1 is 1.25 bits per heavy atom. The van der Waals surface area contributed by atoms with Crippen LogP contribution in [0.2, 0.25) is 0 Å². The van der Waals surface area contributed by atoms with Gasteiger partial charge in [0.25, 0.3) is 5.56 Å². The van der Waals surface area contributed by atoms with Crippen LogP contribution in [0.5, 0.6) is 0 Å². The highest BCUT2D eigenvalue weighted by atomic mass is 16.3. The molecule has 24 heavy (non-hydrogen) atoms. The molecule has 0 aliphatic heterocycles. The third-order valence-corrected chi connectivity index (χ3v) is 4.84. The van der Waals surface area contributed by atoms with Gasteiger partial charge in [-0.15, -0.1) is 0 Å². The Balaban J connectivity index is 2.36. The SMILES string of the molecule is Cn1c(N[C@@H](CO)[C@H](O)C2CCCCC2)c(C#N)c(=O)n(C)c1=O. The normalized spacial score (nSPS) is 18.0. The highest BCUT2D eigenvalue weighted by Gasteiger charge is 2.30. The molecule has 1 aliphatic carbocycles. The fraction of sp³-hybridized carbons (Fsp3) is 0.688. The number of rotatable bonds is 5. The van der Waals surface area contributed by atoms with E-state index in [1.165, 1.54) is 14.1 Å². The highest BCUT2D eigenvalue weighted by Crippen LogP contribution is 2.28. The fourth-order valence-electron chi connectivity index (χ4n) is 3.33. The Morgan fingerprint density at radius 2 is 1.88 bits per heavy atom. The van der Waals surface area contributed by atoms with Crippen molar-refractivity contribution in [1.82, 2.24) is 9.13 Å². The van der Waals surface area contributed by atoms with Crippen molar-refractivity contribution in [3.8, 4) is 6.07 Å². The van der Waals surface area contributed by atoms with Gasteiger partial charge >= 0.3 is 5.69 Å². The Kier molecular flexibility index (Phi) is 5.80. The second kappa shape index (κ2) is 7.64. The van der Waals surface area contributed by atoms with Crippen molar-refractivity contribution in [2.24, 2.45) is 20.0 Å². The van der Waals surface area contributed by atoms with Gasteiger partial charge in [0.05, 0.1) is 18.8 Å². The largest absolute Gasteiger partial charge is 0.394 e. The number of hydrogen-bond donors (Lipinski definition) is 3. The third-order valence-electron chi connectivity index (χ3n) is 4.84. The molecule has 0 amide bonds. The maximum absolute atomic E-state index is 12.1. The van der Waals surface area contributed by atoms with Gasteiger partial charge in [-0.1, -0.05) is 19.3 Å². The summed E-state index contributed by atoms with van der Waals surface area (Å²) in [4.78, 5) is 24.2. The molecule has 0 unspecified atom stereocenters. The molecule has 1 aliphatic rings. The summed E-state index contributed by atoms with van der Waals surface area (Å²) in [6.07, 6.45) is 4.14. The lowest BCUT2D eigenvalue weighted by Gasteiger charge is -2.32. The smallest absolute Gasteiger partial charge is 0.332 e. The molecule has 0 spiro atoms. The number of aliphatic hydroxyl groups is 2. The summed E-state index contributed by atoms with van der Waals surface area (Å²) in [6.45, 7) is -0.369. The number of nitrogens with one attached hydrogen (secondary N) is 1. The number of nitrogens with zero attached hydrogens (tertiary/aromatic N) is 3. The maximum Gasteiger partial charge on any atom is 0.332 e. The predicted molar refractivity (Wildman–Crippen MR) is 88.7 cm³/mol. The molecule has 2 atom stereocenters. The van der Waals surface area contributed by atoms with E-state index >= 15 is 0 Å². The summed E-state index contributed by atoms with van der Waals surface area (Å²) in [5.74, 6) is 0.0806. The molecule has 0 radical (unpaired) electrons. The average molecular weight is 336 g/mol. The first-order valence-corrected chi connectivity index (χ1v) is 8.18. The van der Waals surface area contributed by atoms with Crippen LogP contribution >= 0.6 is 0 Å². The molecule has 0 bridgehead atoms. The third kappa shape index (κ3) is 3.37. The minimum atomic E-state index is -0.819. The molecular weight excluding hydrogens is 312 g/mol. The van der Waals surface area contributed by atoms with E-state index in [-0.39, 0.29) is 23.9 Å². The summed E-state index contributed by atoms with van der Waals surface area (Å²) in [5, 5.41) is 32.3. The van der Waals surface area contributed by atoms with Crippen molar-refractivity contribution < 1.29 is 10.2 Å². The van der Waals surface area contributed by atoms with Crippen molar-refractivity contribution >= 4 is 5.82 Å². The zero-order chi connectivity index (χ0) is 17.9. The van der Waals surface area contributed by atoms with Gasteiger partial charge in [0.2, 0.25) is 0 Å². The number of aromatic nitrogens is 2. The number of nitriles is 1. The maximum atomic E-state index is 12.1. The summed E-state index contributed by atoms with van der Waals surface area (Å²) in [7, 11) is 2.74. The van der Waals surface area contributed by atoms with E-state index < -0.39 is 23.4 Å². The topological polar surface area (TPSA) is 120 Å². The van der Waals surface area contributed by atoms with Crippen LogP contribution in [0.1, 0.15) is 37.7 Å². The van der Waals surface area contributed by atoms with Crippen molar-refractivity contribution in [3.63, 3.8) is 0 Å². The van der Waals surface area contributed by atoms with E-state index in [0.29, 0.717) is 0 Å². The minimum Gasteiger partial charge on any atom is -0.394 e. The molecule has 1 aromatic heterocycles. The van der Waals surface area contributed by atoms with Gasteiger partial charge in [0.1, 0.15) is 11.9 Å². The van der Waals surface area contributed by atoms with E-state index in [1.54, 1.807) is 6.07 Å². The van der Waals surface area contributed by atoms with Crippen LogP contribution in [-0.2, 0) is 14.1 Å². The Labute approximate surface area is 140 Å². The molecule has 1 fully saturated rings. The molecule has 1 aromatic rings. The van der Waals surface area contributed by atoms with Crippen LogP contribution in [0.15, 0.2) is 9.59 Å². The second-order valence-electron chi connectivity index (χ2n) is 6.36. The van der Waals surface area contributed by atoms with Gasteiger partial charge in [0, 0.05) is 14.1 Å². The molecule has 8 nitrogen and oxygen atoms in total. The molecular formula is C16H24N4O4. The Bertz CT molecular complexity index is 740. The first kappa shape index (κ1) is 18.2. The summed E-state index contributed by atoms with van der Waals surface area (Å²) in [5.41, 5.74) is -1.49. The lowest BCUT2D eigenvalue weighted by atomic mass is 9.83. The number of aliphatic hydroxyl groups excluding tert-OH is 2. The monoisotopic (exact) mass is 336 g/mol. The zero-order valence-corrected chi connectivity index (χ0v) is 14.0. The standard InChI is InChI=1S/C16H24N4O4/c1-19-14(11(8-17)15(23)20(2)16(19)24)18-12(9-21)13(22)10-6-4-3-5-7-10/h10,12-13,18,21-22H,3-7,9H2,1-2H3/t12-,13+/m0/s1. The van der Waals surface area contributed by atoms with E-state index in [1.807, 2.05) is 0 Å². The lowest BCUT2D eigenvalue weighted by Crippen LogP contribution is -2.46. The Morgan fingerprint density at radius 3 is 2.42 bits per heavy atom. The van der Waals surface area contributed by atoms with E-state index in [2.05, 4.69) is 5.32 Å². The molecule has 3 N–H and O–H groups in total. The summed E-state index contributed by atoms with van der Waals surface area (Å²) < 4.78 is 2.01. The van der Waals surface area contributed by atoms with Gasteiger partial charge in [-0.3, -0.25) is 13.9 Å². The molecule has 0 aromatic carbocycles.